The highest BCUT2D eigenvalue weighted by molar-refractivity contribution is 7.20. The molecule has 3 rings (SSSR count). The third kappa shape index (κ3) is 5.17. The summed E-state index contributed by atoms with van der Waals surface area (Å²) in [4.78, 5) is 55.5. The van der Waals surface area contributed by atoms with Gasteiger partial charge in [-0.3, -0.25) is 19.0 Å². The van der Waals surface area contributed by atoms with E-state index in [2.05, 4.69) is 5.32 Å². The number of aromatic nitrogens is 2. The lowest BCUT2D eigenvalue weighted by Gasteiger charge is -2.17. The van der Waals surface area contributed by atoms with Crippen molar-refractivity contribution in [2.45, 2.75) is 53.6 Å². The zero-order valence-corrected chi connectivity index (χ0v) is 22.6. The highest BCUT2D eigenvalue weighted by atomic mass is 35.5. The second kappa shape index (κ2) is 11.0. The molecule has 3 aromatic rings. The molecule has 2 aromatic heterocycles. The van der Waals surface area contributed by atoms with Gasteiger partial charge in [0.2, 0.25) is 5.91 Å². The Hall–Kier alpha value is -2.62. The summed E-state index contributed by atoms with van der Waals surface area (Å²) in [6, 6.07) is 4.34. The van der Waals surface area contributed by atoms with Crippen molar-refractivity contribution >= 4 is 56.6 Å². The van der Waals surface area contributed by atoms with Gasteiger partial charge in [-0.1, -0.05) is 30.1 Å². The van der Waals surface area contributed by atoms with Gasteiger partial charge >= 0.3 is 5.69 Å². The van der Waals surface area contributed by atoms with Crippen LogP contribution in [0.15, 0.2) is 27.8 Å². The van der Waals surface area contributed by atoms with Gasteiger partial charge in [0.15, 0.2) is 0 Å². The van der Waals surface area contributed by atoms with Crippen LogP contribution in [-0.2, 0) is 11.3 Å². The molecule has 0 aliphatic rings. The highest BCUT2D eigenvalue weighted by Crippen LogP contribution is 2.30. The molecule has 0 fully saturated rings. The maximum absolute atomic E-state index is 13.6. The van der Waals surface area contributed by atoms with Crippen LogP contribution in [0.5, 0.6) is 0 Å². The molecule has 1 aromatic carbocycles. The molecule has 0 aliphatic carbocycles. The number of hydrogen-bond acceptors (Lipinski definition) is 5. The number of amides is 2. The van der Waals surface area contributed by atoms with Gasteiger partial charge in [0.1, 0.15) is 11.4 Å². The van der Waals surface area contributed by atoms with Crippen molar-refractivity contribution in [3.05, 3.63) is 59.5 Å². The van der Waals surface area contributed by atoms with Gasteiger partial charge in [0.25, 0.3) is 11.5 Å². The van der Waals surface area contributed by atoms with Gasteiger partial charge in [0, 0.05) is 19.1 Å². The summed E-state index contributed by atoms with van der Waals surface area (Å²) in [6.07, 6.45) is 0.722. The normalized spacial score (nSPS) is 12.1. The average Bonchev–Trinajstić information content (AvgIpc) is 3.16. The van der Waals surface area contributed by atoms with Crippen LogP contribution in [0.25, 0.3) is 15.9 Å². The Labute approximate surface area is 217 Å². The lowest BCUT2D eigenvalue weighted by Crippen LogP contribution is -2.42. The standard InChI is InChI=1S/C24H28Cl2N4O4S/c1-6-13(4)27-18(31)12-29-23-19(14(5)20(35-23)22(33)28(7-2)8-3)21(32)30(24(29)34)15-9-10-16(25)17(26)11-15/h9-11,13H,6-8,12H2,1-5H3,(H,27,31)/t13-/m1/s1. The number of nitrogens with zero attached hydrogens (tertiary/aromatic N) is 3. The molecule has 0 unspecified atom stereocenters. The van der Waals surface area contributed by atoms with E-state index < -0.39 is 11.2 Å². The third-order valence-corrected chi connectivity index (χ3v) is 7.98. The highest BCUT2D eigenvalue weighted by Gasteiger charge is 2.26. The van der Waals surface area contributed by atoms with E-state index in [1.54, 1.807) is 11.8 Å². The van der Waals surface area contributed by atoms with E-state index in [4.69, 9.17) is 23.2 Å². The lowest BCUT2D eigenvalue weighted by molar-refractivity contribution is -0.122. The van der Waals surface area contributed by atoms with Gasteiger partial charge < -0.3 is 10.2 Å². The monoisotopic (exact) mass is 538 g/mol. The second-order valence-corrected chi connectivity index (χ2v) is 10.0. The van der Waals surface area contributed by atoms with E-state index >= 15 is 0 Å². The molecule has 0 aliphatic heterocycles. The fourth-order valence-corrected chi connectivity index (χ4v) is 5.31. The number of rotatable bonds is 8. The van der Waals surface area contributed by atoms with Crippen molar-refractivity contribution in [3.63, 3.8) is 0 Å². The van der Waals surface area contributed by atoms with Gasteiger partial charge in [-0.2, -0.15) is 0 Å². The van der Waals surface area contributed by atoms with Crippen LogP contribution in [-0.4, -0.2) is 45.0 Å². The lowest BCUT2D eigenvalue weighted by atomic mass is 10.2. The summed E-state index contributed by atoms with van der Waals surface area (Å²) in [7, 11) is 0. The smallest absolute Gasteiger partial charge is 0.337 e. The topological polar surface area (TPSA) is 93.4 Å². The number of fused-ring (bicyclic) bond motifs is 1. The van der Waals surface area contributed by atoms with Crippen molar-refractivity contribution in [2.24, 2.45) is 0 Å². The van der Waals surface area contributed by atoms with E-state index in [1.165, 1.54) is 22.8 Å². The summed E-state index contributed by atoms with van der Waals surface area (Å²) >= 11 is 13.2. The van der Waals surface area contributed by atoms with E-state index in [0.29, 0.717) is 23.5 Å². The molecule has 1 atom stereocenters. The summed E-state index contributed by atoms with van der Waals surface area (Å²) < 4.78 is 2.21. The van der Waals surface area contributed by atoms with Crippen LogP contribution in [0.3, 0.4) is 0 Å². The molecule has 2 amide bonds. The van der Waals surface area contributed by atoms with E-state index in [-0.39, 0.29) is 50.4 Å². The van der Waals surface area contributed by atoms with Crippen molar-refractivity contribution in [3.8, 4) is 5.69 Å². The molecule has 35 heavy (non-hydrogen) atoms. The molecular formula is C24H28Cl2N4O4S. The summed E-state index contributed by atoms with van der Waals surface area (Å²) in [5.74, 6) is -0.595. The second-order valence-electron chi connectivity index (χ2n) is 8.20. The first-order valence-corrected chi connectivity index (χ1v) is 13.0. The maximum atomic E-state index is 13.6. The van der Waals surface area contributed by atoms with Crippen molar-refractivity contribution < 1.29 is 9.59 Å². The first-order chi connectivity index (χ1) is 16.5. The number of carbonyl (C=O) groups is 2. The van der Waals surface area contributed by atoms with Gasteiger partial charge in [0.05, 0.1) is 26.0 Å². The number of benzene rings is 1. The molecule has 8 nitrogen and oxygen atoms in total. The van der Waals surface area contributed by atoms with Crippen LogP contribution >= 0.6 is 34.5 Å². The predicted molar refractivity (Wildman–Crippen MR) is 142 cm³/mol. The summed E-state index contributed by atoms with van der Waals surface area (Å²) in [6.45, 7) is 9.93. The Morgan fingerprint density at radius 3 is 2.34 bits per heavy atom. The van der Waals surface area contributed by atoms with Crippen LogP contribution in [0.4, 0.5) is 0 Å². The van der Waals surface area contributed by atoms with E-state index in [9.17, 15) is 19.2 Å². The van der Waals surface area contributed by atoms with Crippen LogP contribution in [0.2, 0.25) is 10.0 Å². The van der Waals surface area contributed by atoms with Crippen LogP contribution in [0, 0.1) is 6.92 Å². The van der Waals surface area contributed by atoms with Crippen molar-refractivity contribution in [2.75, 3.05) is 13.1 Å². The van der Waals surface area contributed by atoms with Gasteiger partial charge in [-0.25, -0.2) is 9.36 Å². The molecule has 0 saturated heterocycles. The number of aryl methyl sites for hydroxylation is 1. The number of halogens is 2. The first-order valence-electron chi connectivity index (χ1n) is 11.4. The predicted octanol–water partition coefficient (Wildman–Crippen LogP) is 4.23. The molecule has 0 bridgehead atoms. The van der Waals surface area contributed by atoms with E-state index in [1.807, 2.05) is 27.7 Å². The SMILES string of the molecule is CC[C@@H](C)NC(=O)Cn1c(=O)n(-c2ccc(Cl)c(Cl)c2)c(=O)c2c(C)c(C(=O)N(CC)CC)sc21. The molecule has 188 valence electrons. The Kier molecular flexibility index (Phi) is 8.46. The molecule has 0 radical (unpaired) electrons. The molecule has 0 spiro atoms. The Morgan fingerprint density at radius 1 is 1.11 bits per heavy atom. The average molecular weight is 539 g/mol. The first kappa shape index (κ1) is 27.0. The molecule has 2 heterocycles. The Balaban J connectivity index is 2.35. The van der Waals surface area contributed by atoms with Crippen LogP contribution < -0.4 is 16.6 Å². The molecular weight excluding hydrogens is 511 g/mol. The maximum Gasteiger partial charge on any atom is 0.337 e. The zero-order valence-electron chi connectivity index (χ0n) is 20.3. The quantitative estimate of drug-likeness (QED) is 0.464. The summed E-state index contributed by atoms with van der Waals surface area (Å²) in [5, 5.41) is 3.51. The van der Waals surface area contributed by atoms with E-state index in [0.717, 1.165) is 22.3 Å². The number of thiophene rings is 1. The minimum atomic E-state index is -0.705. The number of carbonyl (C=O) groups excluding carboxylic acids is 2. The fourth-order valence-electron chi connectivity index (χ4n) is 3.76. The number of nitrogens with one attached hydrogen (secondary N) is 1. The number of hydrogen-bond donors (Lipinski definition) is 1. The zero-order chi connectivity index (χ0) is 26.0. The van der Waals surface area contributed by atoms with Crippen molar-refractivity contribution in [1.29, 1.82) is 0 Å². The Bertz CT molecular complexity index is 1410. The molecule has 1 N–H and O–H groups in total. The molecule has 11 heteroatoms. The fraction of sp³-hybridized carbons (Fsp3) is 0.417. The van der Waals surface area contributed by atoms with Crippen LogP contribution in [0.1, 0.15) is 49.4 Å². The minimum absolute atomic E-state index is 0.0838. The van der Waals surface area contributed by atoms with Crippen molar-refractivity contribution in [1.82, 2.24) is 19.4 Å². The Morgan fingerprint density at radius 2 is 1.77 bits per heavy atom. The summed E-state index contributed by atoms with van der Waals surface area (Å²) in [5.41, 5.74) is -0.607. The minimum Gasteiger partial charge on any atom is -0.352 e. The van der Waals surface area contributed by atoms with Gasteiger partial charge in [-0.05, 0) is 57.9 Å². The van der Waals surface area contributed by atoms with Gasteiger partial charge in [-0.15, -0.1) is 11.3 Å². The molecule has 0 saturated carbocycles. The largest absolute Gasteiger partial charge is 0.352 e. The third-order valence-electron chi connectivity index (χ3n) is 5.94.